The first-order chi connectivity index (χ1) is 8.20. The maximum Gasteiger partial charge on any atom is 0.224 e. The van der Waals surface area contributed by atoms with Crippen LogP contribution in [-0.4, -0.2) is 23.9 Å². The monoisotopic (exact) mass is 228 g/mol. The molecule has 1 aromatic carbocycles. The predicted molar refractivity (Wildman–Crippen MR) is 65.2 cm³/mol. The summed E-state index contributed by atoms with van der Waals surface area (Å²) in [7, 11) is 0. The van der Waals surface area contributed by atoms with Gasteiger partial charge in [0.1, 0.15) is 0 Å². The molecular formula is C14H16N2O. The van der Waals surface area contributed by atoms with Crippen molar-refractivity contribution in [3.63, 3.8) is 0 Å². The first kappa shape index (κ1) is 11.7. The van der Waals surface area contributed by atoms with Crippen molar-refractivity contribution in [2.75, 3.05) is 13.1 Å². The molecule has 17 heavy (non-hydrogen) atoms. The molecule has 1 saturated heterocycles. The van der Waals surface area contributed by atoms with E-state index in [2.05, 4.69) is 25.1 Å². The Kier molecular flexibility index (Phi) is 3.43. The van der Waals surface area contributed by atoms with E-state index in [4.69, 9.17) is 5.26 Å². The van der Waals surface area contributed by atoms with E-state index in [-0.39, 0.29) is 11.8 Å². The highest BCUT2D eigenvalue weighted by Gasteiger charge is 2.30. The molecule has 1 amide bonds. The Morgan fingerprint density at radius 1 is 1.47 bits per heavy atom. The minimum Gasteiger partial charge on any atom is -0.341 e. The number of carbonyl (C=O) groups excluding carboxylic acids is 1. The van der Waals surface area contributed by atoms with Crippen LogP contribution in [0.4, 0.5) is 0 Å². The summed E-state index contributed by atoms with van der Waals surface area (Å²) in [5, 5.41) is 8.82. The lowest BCUT2D eigenvalue weighted by molar-refractivity contribution is -0.127. The molecule has 3 nitrogen and oxygen atoms in total. The summed E-state index contributed by atoms with van der Waals surface area (Å²) in [5.74, 6) is 0.308. The highest BCUT2D eigenvalue weighted by Crippen LogP contribution is 2.22. The van der Waals surface area contributed by atoms with Gasteiger partial charge in [0.15, 0.2) is 0 Å². The minimum absolute atomic E-state index is 0.110. The van der Waals surface area contributed by atoms with Crippen molar-refractivity contribution in [1.29, 1.82) is 5.26 Å². The molecule has 0 saturated carbocycles. The quantitative estimate of drug-likeness (QED) is 0.795. The molecule has 0 aliphatic carbocycles. The first-order valence-electron chi connectivity index (χ1n) is 5.93. The topological polar surface area (TPSA) is 44.1 Å². The molecule has 3 heteroatoms. The minimum atomic E-state index is -0.120. The van der Waals surface area contributed by atoms with Gasteiger partial charge in [0.05, 0.1) is 12.0 Å². The smallest absolute Gasteiger partial charge is 0.224 e. The summed E-state index contributed by atoms with van der Waals surface area (Å²) in [5.41, 5.74) is 1.24. The summed E-state index contributed by atoms with van der Waals surface area (Å²) in [6.07, 6.45) is 0.387. The molecular weight excluding hydrogens is 212 g/mol. The van der Waals surface area contributed by atoms with Gasteiger partial charge in [-0.15, -0.1) is 0 Å². The van der Waals surface area contributed by atoms with E-state index in [0.29, 0.717) is 25.4 Å². The molecule has 2 atom stereocenters. The van der Waals surface area contributed by atoms with E-state index in [1.165, 1.54) is 5.56 Å². The number of hydrogen-bond donors (Lipinski definition) is 0. The maximum absolute atomic E-state index is 11.7. The summed E-state index contributed by atoms with van der Waals surface area (Å²) >= 11 is 0. The van der Waals surface area contributed by atoms with Gasteiger partial charge in [0, 0.05) is 19.5 Å². The number of rotatable bonds is 3. The van der Waals surface area contributed by atoms with Crippen molar-refractivity contribution in [2.24, 2.45) is 5.92 Å². The van der Waals surface area contributed by atoms with Crippen LogP contribution >= 0.6 is 0 Å². The van der Waals surface area contributed by atoms with Crippen molar-refractivity contribution in [1.82, 2.24) is 4.90 Å². The first-order valence-corrected chi connectivity index (χ1v) is 5.93. The molecule has 0 radical (unpaired) electrons. The molecule has 1 aliphatic rings. The Bertz CT molecular complexity index is 435. The zero-order valence-electron chi connectivity index (χ0n) is 9.97. The average Bonchev–Trinajstić information content (AvgIpc) is 2.71. The normalized spacial score (nSPS) is 21.3. The van der Waals surface area contributed by atoms with Crippen molar-refractivity contribution >= 4 is 5.91 Å². The number of likely N-dealkylation sites (tertiary alicyclic amines) is 1. The largest absolute Gasteiger partial charge is 0.341 e. The van der Waals surface area contributed by atoms with E-state index in [1.54, 1.807) is 0 Å². The van der Waals surface area contributed by atoms with Gasteiger partial charge in [-0.2, -0.15) is 5.26 Å². The van der Waals surface area contributed by atoms with Crippen LogP contribution in [0.15, 0.2) is 30.3 Å². The second-order valence-electron chi connectivity index (χ2n) is 4.64. The molecule has 1 aliphatic heterocycles. The number of benzene rings is 1. The van der Waals surface area contributed by atoms with Crippen LogP contribution in [0.3, 0.4) is 0 Å². The van der Waals surface area contributed by atoms with Crippen LogP contribution in [-0.2, 0) is 4.79 Å². The van der Waals surface area contributed by atoms with Crippen molar-refractivity contribution < 1.29 is 4.79 Å². The van der Waals surface area contributed by atoms with Gasteiger partial charge in [-0.3, -0.25) is 4.79 Å². The van der Waals surface area contributed by atoms with Crippen molar-refractivity contribution in [3.8, 4) is 6.07 Å². The molecule has 1 heterocycles. The van der Waals surface area contributed by atoms with Crippen LogP contribution < -0.4 is 0 Å². The lowest BCUT2D eigenvalue weighted by Crippen LogP contribution is -2.29. The molecule has 0 aromatic heterocycles. The highest BCUT2D eigenvalue weighted by atomic mass is 16.2. The van der Waals surface area contributed by atoms with Crippen LogP contribution in [0.5, 0.6) is 0 Å². The lowest BCUT2D eigenvalue weighted by atomic mass is 10.0. The van der Waals surface area contributed by atoms with Gasteiger partial charge >= 0.3 is 0 Å². The van der Waals surface area contributed by atoms with Crippen LogP contribution in [0.1, 0.15) is 24.8 Å². The highest BCUT2D eigenvalue weighted by molar-refractivity contribution is 5.79. The second-order valence-corrected chi connectivity index (χ2v) is 4.64. The summed E-state index contributed by atoms with van der Waals surface area (Å²) < 4.78 is 0. The molecule has 2 rings (SSSR count). The fraction of sp³-hybridized carbons (Fsp3) is 0.429. The van der Waals surface area contributed by atoms with Crippen molar-refractivity contribution in [3.05, 3.63) is 35.9 Å². The van der Waals surface area contributed by atoms with E-state index < -0.39 is 0 Å². The molecule has 0 spiro atoms. The fourth-order valence-electron chi connectivity index (χ4n) is 2.25. The van der Waals surface area contributed by atoms with E-state index in [0.717, 1.165) is 0 Å². The average molecular weight is 228 g/mol. The molecule has 1 fully saturated rings. The standard InChI is InChI=1S/C14H16N2O/c1-11(13-5-3-2-4-6-13)9-16-10-12(8-15)7-14(16)17/h2-6,11-12H,7,9-10H2,1H3. The summed E-state index contributed by atoms with van der Waals surface area (Å²) in [4.78, 5) is 13.5. The number of hydrogen-bond acceptors (Lipinski definition) is 2. The van der Waals surface area contributed by atoms with Gasteiger partial charge in [-0.1, -0.05) is 37.3 Å². The van der Waals surface area contributed by atoms with E-state index in [9.17, 15) is 4.79 Å². The zero-order valence-corrected chi connectivity index (χ0v) is 9.97. The van der Waals surface area contributed by atoms with Crippen LogP contribution in [0, 0.1) is 17.2 Å². The van der Waals surface area contributed by atoms with E-state index in [1.807, 2.05) is 23.1 Å². The Hall–Kier alpha value is -1.82. The number of nitrogens with zero attached hydrogens (tertiary/aromatic N) is 2. The lowest BCUT2D eigenvalue weighted by Gasteiger charge is -2.21. The third kappa shape index (κ3) is 2.65. The van der Waals surface area contributed by atoms with Gasteiger partial charge in [-0.25, -0.2) is 0 Å². The van der Waals surface area contributed by atoms with Gasteiger partial charge in [-0.05, 0) is 11.5 Å². The number of nitriles is 1. The zero-order chi connectivity index (χ0) is 12.3. The number of carbonyl (C=O) groups is 1. The second kappa shape index (κ2) is 5.01. The molecule has 2 unspecified atom stereocenters. The SMILES string of the molecule is CC(CN1CC(C#N)CC1=O)c1ccccc1. The summed E-state index contributed by atoms with van der Waals surface area (Å²) in [6.45, 7) is 3.41. The van der Waals surface area contributed by atoms with Crippen molar-refractivity contribution in [2.45, 2.75) is 19.3 Å². The van der Waals surface area contributed by atoms with Gasteiger partial charge in [0.25, 0.3) is 0 Å². The molecule has 1 aromatic rings. The Morgan fingerprint density at radius 3 is 2.76 bits per heavy atom. The third-order valence-electron chi connectivity index (χ3n) is 3.26. The van der Waals surface area contributed by atoms with Gasteiger partial charge < -0.3 is 4.90 Å². The molecule has 0 bridgehead atoms. The van der Waals surface area contributed by atoms with Gasteiger partial charge in [0.2, 0.25) is 5.91 Å². The third-order valence-corrected chi connectivity index (χ3v) is 3.26. The Balaban J connectivity index is 1.98. The Labute approximate surface area is 102 Å². The molecule has 0 N–H and O–H groups in total. The van der Waals surface area contributed by atoms with Crippen LogP contribution in [0.2, 0.25) is 0 Å². The maximum atomic E-state index is 11.7. The molecule has 88 valence electrons. The van der Waals surface area contributed by atoms with Crippen LogP contribution in [0.25, 0.3) is 0 Å². The van der Waals surface area contributed by atoms with E-state index >= 15 is 0 Å². The fourth-order valence-corrected chi connectivity index (χ4v) is 2.25. The number of amides is 1. The summed E-state index contributed by atoms with van der Waals surface area (Å²) in [6, 6.07) is 12.3. The predicted octanol–water partition coefficient (Wildman–Crippen LogP) is 2.16. The Morgan fingerprint density at radius 2 is 2.18 bits per heavy atom.